The number of ether oxygens (including phenoxy) is 1. The lowest BCUT2D eigenvalue weighted by molar-refractivity contribution is -0.386. The smallest absolute Gasteiger partial charge is 0.339 e. The van der Waals surface area contributed by atoms with E-state index in [1.54, 1.807) is 0 Å². The molecule has 0 heterocycles. The first-order valence-electron chi connectivity index (χ1n) is 3.60. The van der Waals surface area contributed by atoms with Gasteiger partial charge in [0.25, 0.3) is 0 Å². The lowest BCUT2D eigenvalue weighted by Gasteiger charge is -2.14. The minimum absolute atomic E-state index is 0.568. The van der Waals surface area contributed by atoms with Crippen molar-refractivity contribution in [2.45, 2.75) is 3.98 Å². The van der Waals surface area contributed by atoms with Crippen molar-refractivity contribution >= 4 is 40.5 Å². The highest BCUT2D eigenvalue weighted by Gasteiger charge is 2.31. The van der Waals surface area contributed by atoms with Gasteiger partial charge >= 0.3 is 9.67 Å². The van der Waals surface area contributed by atoms with Gasteiger partial charge in [-0.1, -0.05) is 0 Å². The average Bonchev–Trinajstić information content (AvgIpc) is 2.10. The first kappa shape index (κ1) is 13.2. The fourth-order valence-corrected chi connectivity index (χ4v) is 1.11. The van der Waals surface area contributed by atoms with E-state index in [0.29, 0.717) is 12.1 Å². The first-order chi connectivity index (χ1) is 7.22. The zero-order valence-electron chi connectivity index (χ0n) is 7.22. The van der Waals surface area contributed by atoms with E-state index in [1.165, 1.54) is 0 Å². The molecule has 0 aliphatic carbocycles. The summed E-state index contributed by atoms with van der Waals surface area (Å²) in [6.45, 7) is 0. The van der Waals surface area contributed by atoms with Crippen LogP contribution in [0.5, 0.6) is 5.75 Å². The van der Waals surface area contributed by atoms with Crippen molar-refractivity contribution in [1.29, 1.82) is 0 Å². The van der Waals surface area contributed by atoms with Crippen LogP contribution in [0.3, 0.4) is 0 Å². The molecule has 0 amide bonds. The molecule has 16 heavy (non-hydrogen) atoms. The van der Waals surface area contributed by atoms with Gasteiger partial charge in [0, 0.05) is 6.07 Å². The van der Waals surface area contributed by atoms with E-state index in [1.807, 2.05) is 0 Å². The monoisotopic (exact) mass is 291 g/mol. The van der Waals surface area contributed by atoms with Crippen LogP contribution >= 0.6 is 34.8 Å². The highest BCUT2D eigenvalue weighted by atomic mass is 35.6. The van der Waals surface area contributed by atoms with Crippen LogP contribution in [-0.2, 0) is 0 Å². The van der Waals surface area contributed by atoms with E-state index >= 15 is 0 Å². The van der Waals surface area contributed by atoms with Crippen LogP contribution in [-0.4, -0.2) is 8.90 Å². The van der Waals surface area contributed by atoms with Gasteiger partial charge in [0.15, 0.2) is 5.82 Å². The van der Waals surface area contributed by atoms with Gasteiger partial charge in [0.2, 0.25) is 11.6 Å². The molecule has 88 valence electrons. The van der Waals surface area contributed by atoms with Crippen molar-refractivity contribution in [1.82, 2.24) is 0 Å². The zero-order chi connectivity index (χ0) is 12.5. The SMILES string of the molecule is O=[N+]([O-])c1ccc(F)c(F)c1OC(Cl)(Cl)Cl. The summed E-state index contributed by atoms with van der Waals surface area (Å²) in [6.07, 6.45) is 0. The van der Waals surface area contributed by atoms with Crippen molar-refractivity contribution < 1.29 is 18.4 Å². The lowest BCUT2D eigenvalue weighted by Crippen LogP contribution is -2.15. The molecule has 0 bridgehead atoms. The maximum absolute atomic E-state index is 13.2. The molecule has 0 fully saturated rings. The maximum atomic E-state index is 13.2. The molecule has 0 atom stereocenters. The molecule has 0 spiro atoms. The quantitative estimate of drug-likeness (QED) is 0.475. The third-order valence-electron chi connectivity index (χ3n) is 1.44. The highest BCUT2D eigenvalue weighted by Crippen LogP contribution is 2.38. The van der Waals surface area contributed by atoms with Crippen LogP contribution in [0.25, 0.3) is 0 Å². The zero-order valence-corrected chi connectivity index (χ0v) is 9.48. The predicted octanol–water partition coefficient (Wildman–Crippen LogP) is 3.58. The topological polar surface area (TPSA) is 52.4 Å². The summed E-state index contributed by atoms with van der Waals surface area (Å²) in [4.78, 5) is 9.49. The Balaban J connectivity index is 3.32. The number of nitro groups is 1. The van der Waals surface area contributed by atoms with E-state index in [9.17, 15) is 18.9 Å². The van der Waals surface area contributed by atoms with Gasteiger partial charge in [-0.05, 0) is 40.9 Å². The van der Waals surface area contributed by atoms with Gasteiger partial charge in [-0.15, -0.1) is 0 Å². The molecule has 0 radical (unpaired) electrons. The van der Waals surface area contributed by atoms with Gasteiger partial charge in [-0.2, -0.15) is 4.39 Å². The Hall–Kier alpha value is -0.850. The van der Waals surface area contributed by atoms with Crippen LogP contribution in [0.1, 0.15) is 0 Å². The number of rotatable bonds is 2. The molecule has 4 nitrogen and oxygen atoms in total. The second kappa shape index (κ2) is 4.57. The summed E-state index contributed by atoms with van der Waals surface area (Å²) in [6, 6.07) is 1.27. The summed E-state index contributed by atoms with van der Waals surface area (Å²) in [7, 11) is 0. The average molecular weight is 292 g/mol. The molecule has 0 aromatic heterocycles. The van der Waals surface area contributed by atoms with E-state index in [4.69, 9.17) is 34.8 Å². The number of alkyl halides is 3. The van der Waals surface area contributed by atoms with Crippen molar-refractivity contribution in [3.8, 4) is 5.75 Å². The van der Waals surface area contributed by atoms with Crippen LogP contribution in [0.4, 0.5) is 14.5 Å². The predicted molar refractivity (Wildman–Crippen MR) is 53.9 cm³/mol. The number of nitro benzene ring substituents is 1. The minimum Gasteiger partial charge on any atom is -0.435 e. The van der Waals surface area contributed by atoms with Crippen molar-refractivity contribution in [2.24, 2.45) is 0 Å². The second-order valence-corrected chi connectivity index (χ2v) is 4.69. The van der Waals surface area contributed by atoms with E-state index < -0.39 is 32.0 Å². The lowest BCUT2D eigenvalue weighted by atomic mass is 10.3. The molecule has 0 saturated heterocycles. The molecule has 1 rings (SSSR count). The van der Waals surface area contributed by atoms with Crippen molar-refractivity contribution in [3.05, 3.63) is 33.9 Å². The summed E-state index contributed by atoms with van der Waals surface area (Å²) in [5.74, 6) is -4.01. The van der Waals surface area contributed by atoms with Gasteiger partial charge in [-0.25, -0.2) is 4.39 Å². The molecular weight excluding hydrogens is 290 g/mol. The van der Waals surface area contributed by atoms with Gasteiger partial charge in [-0.3, -0.25) is 10.1 Å². The number of benzene rings is 1. The first-order valence-corrected chi connectivity index (χ1v) is 4.74. The van der Waals surface area contributed by atoms with E-state index in [0.717, 1.165) is 0 Å². The largest absolute Gasteiger partial charge is 0.435 e. The summed E-state index contributed by atoms with van der Waals surface area (Å²) < 4.78 is 27.9. The Kier molecular flexibility index (Phi) is 3.77. The highest BCUT2D eigenvalue weighted by molar-refractivity contribution is 6.66. The Morgan fingerprint density at radius 1 is 1.31 bits per heavy atom. The van der Waals surface area contributed by atoms with Gasteiger partial charge in [0.05, 0.1) is 4.92 Å². The summed E-state index contributed by atoms with van der Waals surface area (Å²) in [5.41, 5.74) is -0.842. The fraction of sp³-hybridized carbons (Fsp3) is 0.143. The maximum Gasteiger partial charge on any atom is 0.339 e. The summed E-state index contributed by atoms with van der Waals surface area (Å²) in [5, 5.41) is 10.5. The van der Waals surface area contributed by atoms with Crippen LogP contribution in [0.15, 0.2) is 12.1 Å². The Morgan fingerprint density at radius 3 is 2.31 bits per heavy atom. The minimum atomic E-state index is -2.43. The van der Waals surface area contributed by atoms with Crippen molar-refractivity contribution in [3.63, 3.8) is 0 Å². The van der Waals surface area contributed by atoms with Crippen LogP contribution in [0, 0.1) is 21.7 Å². The van der Waals surface area contributed by atoms with E-state index in [-0.39, 0.29) is 0 Å². The molecule has 0 unspecified atom stereocenters. The second-order valence-electron chi connectivity index (χ2n) is 2.51. The Bertz CT molecular complexity index is 436. The third-order valence-corrected chi connectivity index (χ3v) is 1.68. The molecule has 9 heteroatoms. The molecule has 0 N–H and O–H groups in total. The Labute approximate surface area is 103 Å². The molecule has 0 saturated carbocycles. The van der Waals surface area contributed by atoms with Crippen LogP contribution < -0.4 is 4.74 Å². The molecule has 1 aromatic rings. The fourth-order valence-electron chi connectivity index (χ4n) is 0.878. The molecule has 0 aliphatic heterocycles. The molecule has 0 aliphatic rings. The van der Waals surface area contributed by atoms with Crippen LogP contribution in [0.2, 0.25) is 0 Å². The van der Waals surface area contributed by atoms with Gasteiger partial charge in [0.1, 0.15) is 0 Å². The third kappa shape index (κ3) is 3.07. The standard InChI is InChI=1S/C7H2Cl3F2NO3/c8-7(9,10)16-6-4(13(14)15)2-1-3(11)5(6)12/h1-2H. The van der Waals surface area contributed by atoms with Gasteiger partial charge < -0.3 is 4.74 Å². The number of nitrogens with zero attached hydrogens (tertiary/aromatic N) is 1. The number of hydrogen-bond donors (Lipinski definition) is 0. The Morgan fingerprint density at radius 2 is 1.88 bits per heavy atom. The summed E-state index contributed by atoms with van der Waals surface area (Å²) >= 11 is 15.5. The van der Waals surface area contributed by atoms with Crippen molar-refractivity contribution in [2.75, 3.05) is 0 Å². The normalized spacial score (nSPS) is 11.3. The molecule has 1 aromatic carbocycles. The number of hydrogen-bond acceptors (Lipinski definition) is 3. The van der Waals surface area contributed by atoms with E-state index in [2.05, 4.69) is 4.74 Å². The molecular formula is C7H2Cl3F2NO3. The number of halogens is 5.